The molecule has 2 aromatic rings. The smallest absolute Gasteiger partial charge is 0.207 e. The van der Waals surface area contributed by atoms with E-state index in [1.54, 1.807) is 0 Å². The van der Waals surface area contributed by atoms with Crippen LogP contribution in [0.25, 0.3) is 0 Å². The Morgan fingerprint density at radius 3 is 1.95 bits per heavy atom. The van der Waals surface area contributed by atoms with Crippen molar-refractivity contribution < 1.29 is 26.3 Å². The summed E-state index contributed by atoms with van der Waals surface area (Å²) in [7, 11) is 0. The van der Waals surface area contributed by atoms with E-state index in [0.29, 0.717) is 6.07 Å². The van der Waals surface area contributed by atoms with E-state index in [1.165, 1.54) is 0 Å². The first-order chi connectivity index (χ1) is 8.90. The molecule has 2 rings (SSSR count). The van der Waals surface area contributed by atoms with Crippen molar-refractivity contribution in [2.24, 2.45) is 0 Å². The third-order valence-electron chi connectivity index (χ3n) is 2.06. The van der Waals surface area contributed by atoms with Crippen molar-refractivity contribution in [3.63, 3.8) is 0 Å². The minimum Gasteiger partial charge on any atom is -0.207 e. The molecule has 0 fully saturated rings. The van der Waals surface area contributed by atoms with E-state index in [4.69, 9.17) is 0 Å². The van der Waals surface area contributed by atoms with Gasteiger partial charge in [-0.3, -0.25) is 0 Å². The van der Waals surface area contributed by atoms with Crippen LogP contribution in [0.3, 0.4) is 0 Å². The molecule has 0 atom stereocenters. The van der Waals surface area contributed by atoms with Crippen LogP contribution in [0.15, 0.2) is 28.0 Å². The Balaban J connectivity index is 2.49. The van der Waals surface area contributed by atoms with Gasteiger partial charge in [-0.2, -0.15) is 13.8 Å². The number of benzene rings is 1. The number of nitrogens with zero attached hydrogens (tertiary/aromatic N) is 1. The van der Waals surface area contributed by atoms with Crippen LogP contribution in [0, 0.1) is 35.2 Å². The SMILES string of the molecule is Fc1ccc(Sc2c(F)c(F)nc(F)c2F)c(F)c1. The molecular weight excluding hydrogens is 292 g/mol. The van der Waals surface area contributed by atoms with Crippen LogP contribution in [0.5, 0.6) is 0 Å². The molecule has 100 valence electrons. The standard InChI is InChI=1S/C11H3F6NS/c12-4-1-2-6(5(13)3-4)19-9-7(14)10(16)18-11(17)8(9)15/h1-3H. The highest BCUT2D eigenvalue weighted by atomic mass is 32.2. The monoisotopic (exact) mass is 295 g/mol. The first kappa shape index (κ1) is 13.7. The maximum Gasteiger partial charge on any atom is 0.252 e. The van der Waals surface area contributed by atoms with E-state index in [1.807, 2.05) is 0 Å². The van der Waals surface area contributed by atoms with E-state index in [9.17, 15) is 26.3 Å². The Morgan fingerprint density at radius 1 is 0.842 bits per heavy atom. The molecule has 8 heteroatoms. The van der Waals surface area contributed by atoms with Gasteiger partial charge in [0.15, 0.2) is 11.6 Å². The normalized spacial score (nSPS) is 10.8. The van der Waals surface area contributed by atoms with E-state index in [-0.39, 0.29) is 16.7 Å². The van der Waals surface area contributed by atoms with Crippen LogP contribution in [-0.4, -0.2) is 4.98 Å². The second kappa shape index (κ2) is 5.12. The van der Waals surface area contributed by atoms with Gasteiger partial charge >= 0.3 is 0 Å². The zero-order valence-electron chi connectivity index (χ0n) is 8.86. The van der Waals surface area contributed by atoms with Crippen molar-refractivity contribution >= 4 is 11.8 Å². The Kier molecular flexibility index (Phi) is 3.70. The minimum atomic E-state index is -1.84. The van der Waals surface area contributed by atoms with Crippen LogP contribution in [-0.2, 0) is 0 Å². The summed E-state index contributed by atoms with van der Waals surface area (Å²) in [6, 6.07) is 2.21. The molecule has 0 amide bonds. The average Bonchev–Trinajstić information content (AvgIpc) is 2.34. The third kappa shape index (κ3) is 2.67. The molecule has 0 unspecified atom stereocenters. The largest absolute Gasteiger partial charge is 0.252 e. The lowest BCUT2D eigenvalue weighted by atomic mass is 10.3. The van der Waals surface area contributed by atoms with Crippen molar-refractivity contribution in [3.05, 3.63) is 53.4 Å². The summed E-state index contributed by atoms with van der Waals surface area (Å²) >= 11 is 0.0928. The molecule has 0 saturated carbocycles. The molecular formula is C11H3F6NS. The van der Waals surface area contributed by atoms with Gasteiger partial charge in [0.2, 0.25) is 0 Å². The average molecular weight is 295 g/mol. The van der Waals surface area contributed by atoms with Gasteiger partial charge in [-0.05, 0) is 12.1 Å². The predicted molar refractivity (Wildman–Crippen MR) is 54.5 cm³/mol. The van der Waals surface area contributed by atoms with Gasteiger partial charge in [0.05, 0.1) is 4.90 Å². The fraction of sp³-hybridized carbons (Fsp3) is 0. The molecule has 0 aliphatic rings. The zero-order chi connectivity index (χ0) is 14.2. The molecule has 0 saturated heterocycles. The highest BCUT2D eigenvalue weighted by molar-refractivity contribution is 7.99. The Bertz CT molecular complexity index is 619. The predicted octanol–water partition coefficient (Wildman–Crippen LogP) is 4.07. The second-order valence-corrected chi connectivity index (χ2v) is 4.38. The van der Waals surface area contributed by atoms with Crippen molar-refractivity contribution in [3.8, 4) is 0 Å². The van der Waals surface area contributed by atoms with Crippen LogP contribution < -0.4 is 0 Å². The minimum absolute atomic E-state index is 0.0928. The lowest BCUT2D eigenvalue weighted by Crippen LogP contribution is -2.02. The fourth-order valence-corrected chi connectivity index (χ4v) is 2.09. The lowest BCUT2D eigenvalue weighted by Gasteiger charge is -2.06. The summed E-state index contributed by atoms with van der Waals surface area (Å²) in [5.74, 6) is -9.18. The van der Waals surface area contributed by atoms with E-state index < -0.39 is 40.1 Å². The van der Waals surface area contributed by atoms with Gasteiger partial charge < -0.3 is 0 Å². The Hall–Kier alpha value is -1.70. The molecule has 1 nitrogen and oxygen atoms in total. The first-order valence-electron chi connectivity index (χ1n) is 4.73. The second-order valence-electron chi connectivity index (χ2n) is 3.33. The van der Waals surface area contributed by atoms with Gasteiger partial charge in [0.1, 0.15) is 11.6 Å². The fourth-order valence-electron chi connectivity index (χ4n) is 1.23. The molecule has 0 aliphatic heterocycles. The number of hydrogen-bond donors (Lipinski definition) is 0. The highest BCUT2D eigenvalue weighted by Gasteiger charge is 2.22. The maximum absolute atomic E-state index is 13.3. The number of pyridine rings is 1. The lowest BCUT2D eigenvalue weighted by molar-refractivity contribution is 0.383. The van der Waals surface area contributed by atoms with Crippen LogP contribution in [0.1, 0.15) is 0 Å². The summed E-state index contributed by atoms with van der Waals surface area (Å²) in [4.78, 5) is 0.889. The summed E-state index contributed by atoms with van der Waals surface area (Å²) in [5, 5.41) is 0. The van der Waals surface area contributed by atoms with E-state index in [0.717, 1.165) is 12.1 Å². The Morgan fingerprint density at radius 2 is 1.42 bits per heavy atom. The zero-order valence-corrected chi connectivity index (χ0v) is 9.67. The molecule has 1 heterocycles. The Labute approximate surface area is 107 Å². The van der Waals surface area contributed by atoms with Gasteiger partial charge in [-0.25, -0.2) is 17.6 Å². The maximum atomic E-state index is 13.3. The van der Waals surface area contributed by atoms with E-state index in [2.05, 4.69) is 4.98 Å². The molecule has 1 aromatic heterocycles. The van der Waals surface area contributed by atoms with Crippen molar-refractivity contribution in [2.75, 3.05) is 0 Å². The summed E-state index contributed by atoms with van der Waals surface area (Å²) in [6.07, 6.45) is 0. The van der Waals surface area contributed by atoms with Gasteiger partial charge in [-0.1, -0.05) is 11.8 Å². The molecule has 0 spiro atoms. The third-order valence-corrected chi connectivity index (χ3v) is 3.18. The number of rotatable bonds is 2. The van der Waals surface area contributed by atoms with Crippen molar-refractivity contribution in [1.82, 2.24) is 4.98 Å². The summed E-state index contributed by atoms with van der Waals surface area (Å²) < 4.78 is 78.1. The highest BCUT2D eigenvalue weighted by Crippen LogP contribution is 2.34. The summed E-state index contributed by atoms with van der Waals surface area (Å²) in [5.41, 5.74) is 0. The van der Waals surface area contributed by atoms with Crippen LogP contribution in [0.4, 0.5) is 26.3 Å². The number of aromatic nitrogens is 1. The summed E-state index contributed by atoms with van der Waals surface area (Å²) in [6.45, 7) is 0. The van der Waals surface area contributed by atoms with E-state index >= 15 is 0 Å². The molecule has 0 N–H and O–H groups in total. The van der Waals surface area contributed by atoms with Crippen molar-refractivity contribution in [1.29, 1.82) is 0 Å². The van der Waals surface area contributed by atoms with Gasteiger partial charge in [0.25, 0.3) is 11.9 Å². The number of halogens is 6. The molecule has 0 bridgehead atoms. The molecule has 0 radical (unpaired) electrons. The molecule has 0 aliphatic carbocycles. The molecule has 1 aromatic carbocycles. The van der Waals surface area contributed by atoms with Gasteiger partial charge in [-0.15, -0.1) is 0 Å². The van der Waals surface area contributed by atoms with Crippen molar-refractivity contribution in [2.45, 2.75) is 9.79 Å². The quantitative estimate of drug-likeness (QED) is 0.612. The van der Waals surface area contributed by atoms with Crippen LogP contribution in [0.2, 0.25) is 0 Å². The number of hydrogen-bond acceptors (Lipinski definition) is 2. The topological polar surface area (TPSA) is 12.9 Å². The molecule has 19 heavy (non-hydrogen) atoms. The van der Waals surface area contributed by atoms with Crippen LogP contribution >= 0.6 is 11.8 Å². The van der Waals surface area contributed by atoms with Gasteiger partial charge in [0, 0.05) is 11.0 Å². The first-order valence-corrected chi connectivity index (χ1v) is 5.54.